The van der Waals surface area contributed by atoms with E-state index in [0.29, 0.717) is 12.6 Å². The normalized spacial score (nSPS) is 20.9. The van der Waals surface area contributed by atoms with Crippen LogP contribution in [0.2, 0.25) is 0 Å². The first-order valence-electron chi connectivity index (χ1n) is 6.08. The monoisotopic (exact) mass is 294 g/mol. The minimum atomic E-state index is -4.25. The van der Waals surface area contributed by atoms with Crippen molar-refractivity contribution in [3.8, 4) is 0 Å². The Morgan fingerprint density at radius 1 is 1.26 bits per heavy atom. The number of hydrogen-bond donors (Lipinski definition) is 1. The molecule has 1 N–H and O–H groups in total. The molecule has 1 atom stereocenters. The SMILES string of the molecule is C[C@@H]1CNCCN1Cc1ccc(C(F)(F)F)cc1.Cl. The molecule has 0 amide bonds. The van der Waals surface area contributed by atoms with Crippen LogP contribution in [0.5, 0.6) is 0 Å². The Morgan fingerprint density at radius 3 is 2.42 bits per heavy atom. The summed E-state index contributed by atoms with van der Waals surface area (Å²) in [6, 6.07) is 5.86. The third kappa shape index (κ3) is 4.37. The van der Waals surface area contributed by atoms with E-state index in [1.807, 2.05) is 0 Å². The molecule has 0 unspecified atom stereocenters. The molecule has 1 aliphatic rings. The quantitative estimate of drug-likeness (QED) is 0.902. The van der Waals surface area contributed by atoms with Crippen molar-refractivity contribution < 1.29 is 13.2 Å². The van der Waals surface area contributed by atoms with Crippen LogP contribution in [0.1, 0.15) is 18.1 Å². The van der Waals surface area contributed by atoms with Gasteiger partial charge in [-0.3, -0.25) is 4.90 Å². The third-order valence-electron chi connectivity index (χ3n) is 3.31. The highest BCUT2D eigenvalue weighted by atomic mass is 35.5. The Hall–Kier alpha value is -0.780. The first kappa shape index (κ1) is 16.3. The van der Waals surface area contributed by atoms with Crippen LogP contribution in [-0.4, -0.2) is 30.6 Å². The van der Waals surface area contributed by atoms with Crippen LogP contribution in [-0.2, 0) is 12.7 Å². The second-order valence-corrected chi connectivity index (χ2v) is 4.72. The first-order valence-corrected chi connectivity index (χ1v) is 6.08. The molecule has 0 aromatic heterocycles. The van der Waals surface area contributed by atoms with Gasteiger partial charge >= 0.3 is 6.18 Å². The lowest BCUT2D eigenvalue weighted by Gasteiger charge is -2.33. The van der Waals surface area contributed by atoms with Gasteiger partial charge in [-0.05, 0) is 24.6 Å². The molecule has 1 heterocycles. The van der Waals surface area contributed by atoms with Gasteiger partial charge in [-0.15, -0.1) is 12.4 Å². The number of piperazine rings is 1. The lowest BCUT2D eigenvalue weighted by molar-refractivity contribution is -0.137. The molecule has 2 rings (SSSR count). The van der Waals surface area contributed by atoms with Crippen LogP contribution in [0.25, 0.3) is 0 Å². The van der Waals surface area contributed by atoms with Crippen LogP contribution < -0.4 is 5.32 Å². The van der Waals surface area contributed by atoms with Gasteiger partial charge in [0.05, 0.1) is 5.56 Å². The molecule has 1 aromatic rings. The molecule has 0 saturated carbocycles. The van der Waals surface area contributed by atoms with Gasteiger partial charge in [-0.25, -0.2) is 0 Å². The van der Waals surface area contributed by atoms with Gasteiger partial charge in [-0.1, -0.05) is 12.1 Å². The van der Waals surface area contributed by atoms with Crippen molar-refractivity contribution in [1.82, 2.24) is 10.2 Å². The van der Waals surface area contributed by atoms with E-state index in [1.165, 1.54) is 0 Å². The number of hydrogen-bond acceptors (Lipinski definition) is 2. The first-order chi connectivity index (χ1) is 8.47. The van der Waals surface area contributed by atoms with Gasteiger partial charge in [0.2, 0.25) is 0 Å². The fourth-order valence-electron chi connectivity index (χ4n) is 2.15. The summed E-state index contributed by atoms with van der Waals surface area (Å²) in [6.45, 7) is 5.63. The van der Waals surface area contributed by atoms with E-state index in [1.54, 1.807) is 12.1 Å². The maximum absolute atomic E-state index is 12.4. The van der Waals surface area contributed by atoms with Crippen molar-refractivity contribution in [3.63, 3.8) is 0 Å². The Labute approximate surface area is 117 Å². The summed E-state index contributed by atoms with van der Waals surface area (Å²) in [4.78, 5) is 2.28. The van der Waals surface area contributed by atoms with E-state index in [0.717, 1.165) is 37.3 Å². The van der Waals surface area contributed by atoms with Crippen molar-refractivity contribution in [1.29, 1.82) is 0 Å². The van der Waals surface area contributed by atoms with Crippen molar-refractivity contribution in [2.24, 2.45) is 0 Å². The molecule has 0 bridgehead atoms. The molecule has 6 heteroatoms. The highest BCUT2D eigenvalue weighted by Gasteiger charge is 2.30. The van der Waals surface area contributed by atoms with Crippen LogP contribution in [0, 0.1) is 0 Å². The predicted octanol–water partition coefficient (Wildman–Crippen LogP) is 2.92. The van der Waals surface area contributed by atoms with Crippen LogP contribution in [0.15, 0.2) is 24.3 Å². The Kier molecular flexibility index (Phi) is 5.64. The van der Waals surface area contributed by atoms with Gasteiger partial charge in [0.15, 0.2) is 0 Å². The number of alkyl halides is 3. The molecule has 2 nitrogen and oxygen atoms in total. The standard InChI is InChI=1S/C13H17F3N2.ClH/c1-10-8-17-6-7-18(10)9-11-2-4-12(5-3-11)13(14,15)16;/h2-5,10,17H,6-9H2,1H3;1H/t10-;/m1./s1. The topological polar surface area (TPSA) is 15.3 Å². The van der Waals surface area contributed by atoms with Crippen molar-refractivity contribution in [2.75, 3.05) is 19.6 Å². The molecule has 0 radical (unpaired) electrons. The molecule has 1 aromatic carbocycles. The molecular weight excluding hydrogens is 277 g/mol. The summed E-state index contributed by atoms with van der Waals surface area (Å²) in [5.41, 5.74) is 0.344. The Balaban J connectivity index is 0.00000180. The fourth-order valence-corrected chi connectivity index (χ4v) is 2.15. The predicted molar refractivity (Wildman–Crippen MR) is 71.4 cm³/mol. The second-order valence-electron chi connectivity index (χ2n) is 4.72. The summed E-state index contributed by atoms with van der Waals surface area (Å²) in [5.74, 6) is 0. The van der Waals surface area contributed by atoms with E-state index >= 15 is 0 Å². The Morgan fingerprint density at radius 2 is 1.89 bits per heavy atom. The van der Waals surface area contributed by atoms with Gasteiger partial charge in [0.25, 0.3) is 0 Å². The molecule has 1 saturated heterocycles. The minimum Gasteiger partial charge on any atom is -0.314 e. The zero-order valence-corrected chi connectivity index (χ0v) is 11.5. The van der Waals surface area contributed by atoms with E-state index in [-0.39, 0.29) is 12.4 Å². The van der Waals surface area contributed by atoms with Crippen molar-refractivity contribution in [2.45, 2.75) is 25.7 Å². The zero-order chi connectivity index (χ0) is 13.2. The highest BCUT2D eigenvalue weighted by Crippen LogP contribution is 2.29. The lowest BCUT2D eigenvalue weighted by Crippen LogP contribution is -2.49. The average Bonchev–Trinajstić information content (AvgIpc) is 2.32. The maximum atomic E-state index is 12.4. The number of nitrogens with zero attached hydrogens (tertiary/aromatic N) is 1. The maximum Gasteiger partial charge on any atom is 0.416 e. The van der Waals surface area contributed by atoms with E-state index in [2.05, 4.69) is 17.1 Å². The summed E-state index contributed by atoms with van der Waals surface area (Å²) in [7, 11) is 0. The summed E-state index contributed by atoms with van der Waals surface area (Å²) in [6.07, 6.45) is -4.25. The molecule has 1 fully saturated rings. The second kappa shape index (κ2) is 6.59. The van der Waals surface area contributed by atoms with Crippen LogP contribution in [0.4, 0.5) is 13.2 Å². The van der Waals surface area contributed by atoms with E-state index in [4.69, 9.17) is 0 Å². The summed E-state index contributed by atoms with van der Waals surface area (Å²) < 4.78 is 37.3. The largest absolute Gasteiger partial charge is 0.416 e. The molecule has 1 aliphatic heterocycles. The van der Waals surface area contributed by atoms with Gasteiger partial charge in [-0.2, -0.15) is 13.2 Å². The summed E-state index contributed by atoms with van der Waals surface area (Å²) >= 11 is 0. The van der Waals surface area contributed by atoms with Gasteiger partial charge in [0, 0.05) is 32.2 Å². The fraction of sp³-hybridized carbons (Fsp3) is 0.538. The number of benzene rings is 1. The molecule has 108 valence electrons. The molecule has 0 spiro atoms. The number of rotatable bonds is 2. The lowest BCUT2D eigenvalue weighted by atomic mass is 10.1. The van der Waals surface area contributed by atoms with Gasteiger partial charge in [0.1, 0.15) is 0 Å². The Bertz CT molecular complexity index is 392. The molecule has 0 aliphatic carbocycles. The van der Waals surface area contributed by atoms with Crippen LogP contribution >= 0.6 is 12.4 Å². The molecule has 19 heavy (non-hydrogen) atoms. The number of nitrogens with one attached hydrogen (secondary N) is 1. The number of halogens is 4. The van der Waals surface area contributed by atoms with Crippen molar-refractivity contribution in [3.05, 3.63) is 35.4 Å². The van der Waals surface area contributed by atoms with E-state index in [9.17, 15) is 13.2 Å². The van der Waals surface area contributed by atoms with E-state index < -0.39 is 11.7 Å². The molecular formula is C13H18ClF3N2. The minimum absolute atomic E-state index is 0. The summed E-state index contributed by atoms with van der Waals surface area (Å²) in [5, 5.41) is 3.29. The smallest absolute Gasteiger partial charge is 0.314 e. The third-order valence-corrected chi connectivity index (χ3v) is 3.31. The van der Waals surface area contributed by atoms with Gasteiger partial charge < -0.3 is 5.32 Å². The highest BCUT2D eigenvalue weighted by molar-refractivity contribution is 5.85. The zero-order valence-electron chi connectivity index (χ0n) is 10.7. The van der Waals surface area contributed by atoms with Crippen molar-refractivity contribution >= 4 is 12.4 Å². The average molecular weight is 295 g/mol. The van der Waals surface area contributed by atoms with Crippen LogP contribution in [0.3, 0.4) is 0 Å².